The van der Waals surface area contributed by atoms with Crippen molar-refractivity contribution in [1.82, 2.24) is 0 Å². The summed E-state index contributed by atoms with van der Waals surface area (Å²) in [5, 5.41) is 0. The lowest BCUT2D eigenvalue weighted by molar-refractivity contribution is -0.156. The molecule has 0 aliphatic heterocycles. The number of carbonyl (C=O) groups is 1. The van der Waals surface area contributed by atoms with Gasteiger partial charge in [0.2, 0.25) is 6.29 Å². The lowest BCUT2D eigenvalue weighted by Crippen LogP contribution is -2.21. The number of benzene rings is 3. The molecule has 0 heterocycles. The minimum Gasteiger partial charge on any atom is -0.454 e. The number of ether oxygens (including phenoxy) is 2. The van der Waals surface area contributed by atoms with Crippen LogP contribution in [0.2, 0.25) is 0 Å². The molecule has 0 N–H and O–H groups in total. The highest BCUT2D eigenvalue weighted by Crippen LogP contribution is 2.30. The zero-order chi connectivity index (χ0) is 21.9. The number of hydrogen-bond donors (Lipinski definition) is 0. The Bertz CT molecular complexity index is 975. The number of hydrogen-bond acceptors (Lipinski definition) is 3. The summed E-state index contributed by atoms with van der Waals surface area (Å²) < 4.78 is 10.9. The summed E-state index contributed by atoms with van der Waals surface area (Å²) in [7, 11) is 0. The quantitative estimate of drug-likeness (QED) is 0.256. The maximum Gasteiger partial charge on any atom is 0.336 e. The van der Waals surface area contributed by atoms with Gasteiger partial charge in [-0.15, -0.1) is 0 Å². The zero-order valence-electron chi connectivity index (χ0n) is 17.8. The predicted octanol–water partition coefficient (Wildman–Crippen LogP) is 6.92. The Morgan fingerprint density at radius 1 is 0.800 bits per heavy atom. The van der Waals surface area contributed by atoms with E-state index in [1.54, 1.807) is 13.8 Å². The van der Waals surface area contributed by atoms with Gasteiger partial charge in [0, 0.05) is 18.1 Å². The lowest BCUT2D eigenvalue weighted by atomic mass is 10.1. The second kappa shape index (κ2) is 11.4. The van der Waals surface area contributed by atoms with Crippen molar-refractivity contribution in [2.75, 3.05) is 0 Å². The summed E-state index contributed by atoms with van der Waals surface area (Å²) in [6, 6.07) is 27.7. The molecule has 3 nitrogen and oxygen atoms in total. The number of esters is 1. The first-order valence-electron chi connectivity index (χ1n) is 9.77. The van der Waals surface area contributed by atoms with E-state index in [1.165, 1.54) is 5.56 Å². The van der Waals surface area contributed by atoms with Gasteiger partial charge in [-0.05, 0) is 31.0 Å². The molecule has 1 unspecified atom stereocenters. The molecule has 0 saturated heterocycles. The van der Waals surface area contributed by atoms with Crippen LogP contribution in [-0.4, -0.2) is 12.3 Å². The Kier molecular flexibility index (Phi) is 8.64. The van der Waals surface area contributed by atoms with Gasteiger partial charge in [-0.25, -0.2) is 4.79 Å². The van der Waals surface area contributed by atoms with Crippen molar-refractivity contribution in [1.29, 1.82) is 0 Å². The molecule has 0 aromatic heterocycles. The third-order valence-electron chi connectivity index (χ3n) is 4.15. The third kappa shape index (κ3) is 7.10. The lowest BCUT2D eigenvalue weighted by Gasteiger charge is -2.17. The SMILES string of the molecule is C=C(C)C(=O)OC(C)Oc1ccccc1-c1ccccc1.C=C(C)c1ccccc1. The Morgan fingerprint density at radius 3 is 1.87 bits per heavy atom. The van der Waals surface area contributed by atoms with Crippen LogP contribution < -0.4 is 4.74 Å². The fraction of sp³-hybridized carbons (Fsp3) is 0.148. The highest BCUT2D eigenvalue weighted by Gasteiger charge is 2.13. The molecule has 3 aromatic rings. The molecule has 30 heavy (non-hydrogen) atoms. The van der Waals surface area contributed by atoms with Gasteiger partial charge in [-0.3, -0.25) is 0 Å². The Labute approximate surface area is 179 Å². The normalized spacial score (nSPS) is 10.8. The van der Waals surface area contributed by atoms with Gasteiger partial charge in [-0.1, -0.05) is 97.6 Å². The number of allylic oxidation sites excluding steroid dienone is 1. The van der Waals surface area contributed by atoms with E-state index >= 15 is 0 Å². The Balaban J connectivity index is 0.000000297. The molecule has 0 aliphatic carbocycles. The van der Waals surface area contributed by atoms with Crippen molar-refractivity contribution in [3.63, 3.8) is 0 Å². The van der Waals surface area contributed by atoms with Crippen LogP contribution in [0.25, 0.3) is 16.7 Å². The molecule has 0 spiro atoms. The summed E-state index contributed by atoms with van der Waals surface area (Å²) in [4.78, 5) is 11.5. The maximum atomic E-state index is 11.5. The summed E-state index contributed by atoms with van der Waals surface area (Å²) in [5.41, 5.74) is 4.69. The van der Waals surface area contributed by atoms with Crippen molar-refractivity contribution in [3.8, 4) is 16.9 Å². The van der Waals surface area contributed by atoms with Crippen molar-refractivity contribution < 1.29 is 14.3 Å². The van der Waals surface area contributed by atoms with E-state index in [2.05, 4.69) is 25.3 Å². The highest BCUT2D eigenvalue weighted by molar-refractivity contribution is 5.87. The predicted molar refractivity (Wildman–Crippen MR) is 124 cm³/mol. The van der Waals surface area contributed by atoms with Crippen LogP contribution in [-0.2, 0) is 9.53 Å². The van der Waals surface area contributed by atoms with Crippen molar-refractivity contribution in [2.24, 2.45) is 0 Å². The largest absolute Gasteiger partial charge is 0.454 e. The first-order chi connectivity index (χ1) is 14.4. The van der Waals surface area contributed by atoms with E-state index in [0.717, 1.165) is 16.7 Å². The van der Waals surface area contributed by atoms with Crippen molar-refractivity contribution in [3.05, 3.63) is 109 Å². The molecule has 0 amide bonds. The molecule has 0 fully saturated rings. The van der Waals surface area contributed by atoms with Gasteiger partial charge in [0.05, 0.1) is 0 Å². The molecule has 0 bridgehead atoms. The number of para-hydroxylation sites is 1. The van der Waals surface area contributed by atoms with Crippen LogP contribution in [0.5, 0.6) is 5.75 Å². The second-order valence-corrected chi connectivity index (χ2v) is 6.88. The summed E-state index contributed by atoms with van der Waals surface area (Å²) in [6.45, 7) is 12.7. The van der Waals surface area contributed by atoms with E-state index in [1.807, 2.05) is 79.7 Å². The van der Waals surface area contributed by atoms with E-state index in [0.29, 0.717) is 11.3 Å². The zero-order valence-corrected chi connectivity index (χ0v) is 17.8. The first kappa shape index (κ1) is 22.7. The molecule has 0 aliphatic rings. The molecule has 154 valence electrons. The second-order valence-electron chi connectivity index (χ2n) is 6.88. The average Bonchev–Trinajstić information content (AvgIpc) is 2.75. The molecule has 0 radical (unpaired) electrons. The molecule has 1 atom stereocenters. The van der Waals surface area contributed by atoms with Crippen molar-refractivity contribution in [2.45, 2.75) is 27.1 Å². The number of carbonyl (C=O) groups excluding carboxylic acids is 1. The van der Waals surface area contributed by atoms with Crippen LogP contribution in [0.3, 0.4) is 0 Å². The summed E-state index contributed by atoms with van der Waals surface area (Å²) >= 11 is 0. The Hall–Kier alpha value is -3.59. The minimum absolute atomic E-state index is 0.349. The maximum absolute atomic E-state index is 11.5. The molecule has 3 heteroatoms. The first-order valence-corrected chi connectivity index (χ1v) is 9.77. The standard InChI is InChI=1S/C18H18O3.C9H10/c1-13(2)18(19)21-14(3)20-17-12-8-7-11-16(17)15-9-5-4-6-10-15;1-8(2)9-6-4-3-5-7-9/h4-12,14H,1H2,2-3H3;3-7H,1H2,2H3. The smallest absolute Gasteiger partial charge is 0.336 e. The van der Waals surface area contributed by atoms with E-state index in [4.69, 9.17) is 9.47 Å². The summed E-state index contributed by atoms with van der Waals surface area (Å²) in [5.74, 6) is 0.213. The third-order valence-corrected chi connectivity index (χ3v) is 4.15. The van der Waals surface area contributed by atoms with E-state index < -0.39 is 12.3 Å². The van der Waals surface area contributed by atoms with E-state index in [9.17, 15) is 4.79 Å². The van der Waals surface area contributed by atoms with Crippen LogP contribution >= 0.6 is 0 Å². The molecular weight excluding hydrogens is 372 g/mol. The monoisotopic (exact) mass is 400 g/mol. The van der Waals surface area contributed by atoms with Crippen LogP contribution in [0.1, 0.15) is 26.3 Å². The minimum atomic E-state index is -0.681. The van der Waals surface area contributed by atoms with Gasteiger partial charge in [0.1, 0.15) is 5.75 Å². The fourth-order valence-corrected chi connectivity index (χ4v) is 2.60. The molecule has 0 saturated carbocycles. The van der Waals surface area contributed by atoms with Crippen LogP contribution in [0.15, 0.2) is 104 Å². The molecule has 3 rings (SSSR count). The Morgan fingerprint density at radius 2 is 1.33 bits per heavy atom. The van der Waals surface area contributed by atoms with E-state index in [-0.39, 0.29) is 0 Å². The fourth-order valence-electron chi connectivity index (χ4n) is 2.60. The van der Waals surface area contributed by atoms with Gasteiger partial charge in [-0.2, -0.15) is 0 Å². The van der Waals surface area contributed by atoms with Crippen LogP contribution in [0, 0.1) is 0 Å². The van der Waals surface area contributed by atoms with Crippen molar-refractivity contribution >= 4 is 11.5 Å². The average molecular weight is 401 g/mol. The number of rotatable bonds is 6. The van der Waals surface area contributed by atoms with Gasteiger partial charge < -0.3 is 9.47 Å². The van der Waals surface area contributed by atoms with Gasteiger partial charge >= 0.3 is 5.97 Å². The molecule has 3 aromatic carbocycles. The molecular formula is C27H28O3. The van der Waals surface area contributed by atoms with Crippen LogP contribution in [0.4, 0.5) is 0 Å². The summed E-state index contributed by atoms with van der Waals surface area (Å²) in [6.07, 6.45) is -0.681. The van der Waals surface area contributed by atoms with Gasteiger partial charge in [0.25, 0.3) is 0 Å². The van der Waals surface area contributed by atoms with Gasteiger partial charge in [0.15, 0.2) is 0 Å². The highest BCUT2D eigenvalue weighted by atomic mass is 16.7. The topological polar surface area (TPSA) is 35.5 Å².